The lowest BCUT2D eigenvalue weighted by atomic mass is 10.1. The summed E-state index contributed by atoms with van der Waals surface area (Å²) in [5.41, 5.74) is 4.47. The van der Waals surface area contributed by atoms with Crippen LogP contribution in [-0.2, 0) is 7.05 Å². The number of amides is 1. The number of H-pyrrole nitrogens is 1. The molecule has 0 spiro atoms. The number of anilines is 1. The van der Waals surface area contributed by atoms with Crippen LogP contribution in [0.5, 0.6) is 0 Å². The number of aromatic nitrogens is 3. The van der Waals surface area contributed by atoms with Gasteiger partial charge in [0.1, 0.15) is 0 Å². The number of nitrogens with one attached hydrogen (secondary N) is 2. The molecule has 134 valence electrons. The molecule has 6 heteroatoms. The Morgan fingerprint density at radius 3 is 2.74 bits per heavy atom. The summed E-state index contributed by atoms with van der Waals surface area (Å²) >= 11 is 0. The van der Waals surface area contributed by atoms with E-state index in [1.54, 1.807) is 6.07 Å². The van der Waals surface area contributed by atoms with E-state index in [1.165, 1.54) is 6.07 Å². The molecular formula is C21H18N4O2. The van der Waals surface area contributed by atoms with Crippen molar-refractivity contribution in [1.82, 2.24) is 14.8 Å². The maximum atomic E-state index is 12.9. The fraction of sp³-hybridized carbons (Fsp3) is 0.0952. The molecule has 2 N–H and O–H groups in total. The van der Waals surface area contributed by atoms with Crippen molar-refractivity contribution in [2.45, 2.75) is 6.92 Å². The molecule has 0 saturated heterocycles. The first-order chi connectivity index (χ1) is 13.0. The van der Waals surface area contributed by atoms with Crippen LogP contribution in [0.25, 0.3) is 22.2 Å². The molecule has 2 aromatic heterocycles. The molecule has 2 heterocycles. The molecule has 0 aliphatic carbocycles. The van der Waals surface area contributed by atoms with Gasteiger partial charge >= 0.3 is 0 Å². The summed E-state index contributed by atoms with van der Waals surface area (Å²) < 4.78 is 1.99. The van der Waals surface area contributed by atoms with Crippen LogP contribution in [0.15, 0.2) is 65.6 Å². The number of rotatable bonds is 3. The Labute approximate surface area is 155 Å². The quantitative estimate of drug-likeness (QED) is 0.588. The normalized spacial score (nSPS) is 10.9. The van der Waals surface area contributed by atoms with Crippen LogP contribution in [0.2, 0.25) is 0 Å². The predicted molar refractivity (Wildman–Crippen MR) is 106 cm³/mol. The number of nitrogens with zero attached hydrogens (tertiary/aromatic N) is 2. The van der Waals surface area contributed by atoms with Crippen LogP contribution < -0.4 is 10.9 Å². The molecule has 0 aliphatic heterocycles. The minimum Gasteiger partial charge on any atom is -0.351 e. The van der Waals surface area contributed by atoms with Gasteiger partial charge in [-0.3, -0.25) is 9.59 Å². The number of carbonyl (C=O) groups is 1. The minimum absolute atomic E-state index is 0.165. The van der Waals surface area contributed by atoms with Crippen molar-refractivity contribution in [3.05, 3.63) is 82.3 Å². The SMILES string of the molecule is Cc1ccc(-c2ccc(=O)[nH]n2)cc1NC(=O)c1cccc2c1ccn2C. The van der Waals surface area contributed by atoms with Crippen molar-refractivity contribution >= 4 is 22.5 Å². The van der Waals surface area contributed by atoms with E-state index in [1.807, 2.05) is 67.2 Å². The molecule has 0 aliphatic rings. The average Bonchev–Trinajstić information content (AvgIpc) is 3.05. The lowest BCUT2D eigenvalue weighted by Gasteiger charge is -2.11. The summed E-state index contributed by atoms with van der Waals surface area (Å²) in [6, 6.07) is 16.4. The molecule has 2 aromatic carbocycles. The third kappa shape index (κ3) is 3.13. The second kappa shape index (κ2) is 6.57. The Morgan fingerprint density at radius 1 is 1.11 bits per heavy atom. The largest absolute Gasteiger partial charge is 0.351 e. The van der Waals surface area contributed by atoms with Gasteiger partial charge in [-0.1, -0.05) is 18.2 Å². The summed E-state index contributed by atoms with van der Waals surface area (Å²) in [7, 11) is 1.95. The number of aryl methyl sites for hydroxylation is 2. The molecule has 4 rings (SSSR count). The van der Waals surface area contributed by atoms with Gasteiger partial charge in [-0.05, 0) is 42.8 Å². The smallest absolute Gasteiger partial charge is 0.264 e. The zero-order chi connectivity index (χ0) is 19.0. The molecule has 0 fully saturated rings. The maximum absolute atomic E-state index is 12.9. The summed E-state index contributed by atoms with van der Waals surface area (Å²) in [6.07, 6.45) is 1.94. The lowest BCUT2D eigenvalue weighted by Crippen LogP contribution is -2.13. The van der Waals surface area contributed by atoms with Gasteiger partial charge in [0.25, 0.3) is 11.5 Å². The van der Waals surface area contributed by atoms with Crippen molar-refractivity contribution in [1.29, 1.82) is 0 Å². The Morgan fingerprint density at radius 2 is 1.96 bits per heavy atom. The Bertz CT molecular complexity index is 1200. The molecule has 0 saturated carbocycles. The fourth-order valence-corrected chi connectivity index (χ4v) is 3.11. The number of hydrogen-bond acceptors (Lipinski definition) is 3. The number of hydrogen-bond donors (Lipinski definition) is 2. The van der Waals surface area contributed by atoms with Crippen molar-refractivity contribution in [2.75, 3.05) is 5.32 Å². The molecule has 0 atom stereocenters. The average molecular weight is 358 g/mol. The third-order valence-electron chi connectivity index (χ3n) is 4.63. The number of benzene rings is 2. The standard InChI is InChI=1S/C21H18N4O2/c1-13-6-7-14(17-8-9-20(26)24-23-17)12-18(13)22-21(27)16-4-3-5-19-15(16)10-11-25(19)2/h3-12H,1-2H3,(H,22,27)(H,24,26). The van der Waals surface area contributed by atoms with E-state index in [-0.39, 0.29) is 11.5 Å². The van der Waals surface area contributed by atoms with Gasteiger partial charge in [-0.25, -0.2) is 5.10 Å². The molecule has 0 bridgehead atoms. The van der Waals surface area contributed by atoms with Gasteiger partial charge in [0, 0.05) is 47.0 Å². The van der Waals surface area contributed by atoms with Crippen LogP contribution in [-0.4, -0.2) is 20.7 Å². The van der Waals surface area contributed by atoms with Crippen molar-refractivity contribution in [3.63, 3.8) is 0 Å². The molecule has 6 nitrogen and oxygen atoms in total. The summed E-state index contributed by atoms with van der Waals surface area (Å²) in [5.74, 6) is -0.165. The minimum atomic E-state index is -0.254. The van der Waals surface area contributed by atoms with Gasteiger partial charge in [-0.15, -0.1) is 0 Å². The van der Waals surface area contributed by atoms with Crippen molar-refractivity contribution in [2.24, 2.45) is 7.05 Å². The first kappa shape index (κ1) is 16.8. The van der Waals surface area contributed by atoms with Gasteiger partial charge < -0.3 is 9.88 Å². The van der Waals surface area contributed by atoms with Gasteiger partial charge in [0.05, 0.1) is 5.69 Å². The number of aromatic amines is 1. The first-order valence-electron chi connectivity index (χ1n) is 8.55. The van der Waals surface area contributed by atoms with E-state index < -0.39 is 0 Å². The van der Waals surface area contributed by atoms with Crippen LogP contribution in [0.1, 0.15) is 15.9 Å². The Balaban J connectivity index is 1.69. The van der Waals surface area contributed by atoms with Gasteiger partial charge in [-0.2, -0.15) is 5.10 Å². The monoisotopic (exact) mass is 358 g/mol. The van der Waals surface area contributed by atoms with Crippen molar-refractivity contribution < 1.29 is 4.79 Å². The zero-order valence-electron chi connectivity index (χ0n) is 15.0. The van der Waals surface area contributed by atoms with E-state index in [0.29, 0.717) is 16.9 Å². The highest BCUT2D eigenvalue weighted by Crippen LogP contribution is 2.25. The Hall–Kier alpha value is -3.67. The van der Waals surface area contributed by atoms with Crippen LogP contribution in [0, 0.1) is 6.92 Å². The second-order valence-corrected chi connectivity index (χ2v) is 6.46. The first-order valence-corrected chi connectivity index (χ1v) is 8.55. The molecular weight excluding hydrogens is 340 g/mol. The summed E-state index contributed by atoms with van der Waals surface area (Å²) in [4.78, 5) is 24.1. The summed E-state index contributed by atoms with van der Waals surface area (Å²) in [6.45, 7) is 1.93. The molecule has 0 radical (unpaired) electrons. The number of fused-ring (bicyclic) bond motifs is 1. The van der Waals surface area contributed by atoms with E-state index in [4.69, 9.17) is 0 Å². The van der Waals surface area contributed by atoms with E-state index in [9.17, 15) is 9.59 Å². The highest BCUT2D eigenvalue weighted by Gasteiger charge is 2.13. The van der Waals surface area contributed by atoms with E-state index in [0.717, 1.165) is 22.0 Å². The van der Waals surface area contributed by atoms with E-state index in [2.05, 4.69) is 15.5 Å². The molecule has 1 amide bonds. The predicted octanol–water partition coefficient (Wildman–Crippen LogP) is 3.49. The number of carbonyl (C=O) groups excluding carboxylic acids is 1. The van der Waals surface area contributed by atoms with Crippen LogP contribution in [0.4, 0.5) is 5.69 Å². The molecule has 0 unspecified atom stereocenters. The topological polar surface area (TPSA) is 79.8 Å². The fourth-order valence-electron chi connectivity index (χ4n) is 3.11. The van der Waals surface area contributed by atoms with Crippen LogP contribution in [0.3, 0.4) is 0 Å². The van der Waals surface area contributed by atoms with Crippen molar-refractivity contribution in [3.8, 4) is 11.3 Å². The van der Waals surface area contributed by atoms with E-state index >= 15 is 0 Å². The zero-order valence-corrected chi connectivity index (χ0v) is 15.0. The third-order valence-corrected chi connectivity index (χ3v) is 4.63. The second-order valence-electron chi connectivity index (χ2n) is 6.46. The Kier molecular flexibility index (Phi) is 4.08. The van der Waals surface area contributed by atoms with Gasteiger partial charge in [0.2, 0.25) is 0 Å². The summed E-state index contributed by atoms with van der Waals surface area (Å²) in [5, 5.41) is 10.4. The highest BCUT2D eigenvalue weighted by atomic mass is 16.1. The van der Waals surface area contributed by atoms with Crippen LogP contribution >= 0.6 is 0 Å². The highest BCUT2D eigenvalue weighted by molar-refractivity contribution is 6.13. The lowest BCUT2D eigenvalue weighted by molar-refractivity contribution is 0.102. The maximum Gasteiger partial charge on any atom is 0.264 e. The molecule has 4 aromatic rings. The molecule has 27 heavy (non-hydrogen) atoms. The van der Waals surface area contributed by atoms with Gasteiger partial charge in [0.15, 0.2) is 0 Å².